The lowest BCUT2D eigenvalue weighted by Gasteiger charge is -2.29. The highest BCUT2D eigenvalue weighted by Crippen LogP contribution is 2.39. The van der Waals surface area contributed by atoms with E-state index in [-0.39, 0.29) is 23.8 Å². The van der Waals surface area contributed by atoms with Gasteiger partial charge in [0.25, 0.3) is 5.91 Å². The fraction of sp³-hybridized carbons (Fsp3) is 0.400. The molecule has 0 bridgehead atoms. The molecular formula is C25H30N4O5. The second-order valence-corrected chi connectivity index (χ2v) is 8.48. The van der Waals surface area contributed by atoms with E-state index in [4.69, 9.17) is 15.2 Å². The number of rotatable bonds is 10. The monoisotopic (exact) mass is 466 g/mol. The summed E-state index contributed by atoms with van der Waals surface area (Å²) in [7, 11) is 1.57. The van der Waals surface area contributed by atoms with Crippen LogP contribution in [0.25, 0.3) is 0 Å². The van der Waals surface area contributed by atoms with Gasteiger partial charge >= 0.3 is 6.03 Å². The number of amides is 4. The quantitative estimate of drug-likeness (QED) is 0.496. The standard InChI is InChI=1S/C25H30N4O5/c1-3-34-21-13-16(9-10-20(21)33-2)19(11-12-27-25(26)32)29-14-17-5-4-6-18(22(17)24(29)31)28-23(30)15-7-8-15/h4-6,9-10,13,15,19H,3,7-8,11-12,14H2,1-2H3,(H,28,30)(H3,26,27,32)/t19-/m1/s1. The van der Waals surface area contributed by atoms with Crippen molar-refractivity contribution in [2.45, 2.75) is 38.8 Å². The maximum Gasteiger partial charge on any atom is 0.312 e. The summed E-state index contributed by atoms with van der Waals surface area (Å²) in [4.78, 5) is 39.0. The summed E-state index contributed by atoms with van der Waals surface area (Å²) in [6.45, 7) is 3.03. The maximum atomic E-state index is 13.6. The number of benzene rings is 2. The van der Waals surface area contributed by atoms with Crippen molar-refractivity contribution in [2.24, 2.45) is 11.7 Å². The number of nitrogens with two attached hydrogens (primary N) is 1. The molecule has 0 unspecified atom stereocenters. The normalized spacial score (nSPS) is 15.5. The van der Waals surface area contributed by atoms with Crippen molar-refractivity contribution in [1.29, 1.82) is 0 Å². The molecule has 0 spiro atoms. The number of hydrogen-bond donors (Lipinski definition) is 3. The smallest absolute Gasteiger partial charge is 0.312 e. The average Bonchev–Trinajstić information content (AvgIpc) is 3.61. The Kier molecular flexibility index (Phi) is 6.90. The molecule has 4 amide bonds. The fourth-order valence-electron chi connectivity index (χ4n) is 4.32. The van der Waals surface area contributed by atoms with Crippen LogP contribution in [-0.4, -0.2) is 43.0 Å². The van der Waals surface area contributed by atoms with Crippen molar-refractivity contribution < 1.29 is 23.9 Å². The van der Waals surface area contributed by atoms with Gasteiger partial charge in [0.05, 0.1) is 31.0 Å². The van der Waals surface area contributed by atoms with Gasteiger partial charge in [-0.3, -0.25) is 9.59 Å². The number of primary amides is 1. The molecule has 4 rings (SSSR count). The minimum atomic E-state index is -0.621. The third-order valence-electron chi connectivity index (χ3n) is 6.14. The van der Waals surface area contributed by atoms with Crippen LogP contribution in [-0.2, 0) is 11.3 Å². The molecule has 9 heteroatoms. The predicted molar refractivity (Wildman–Crippen MR) is 127 cm³/mol. The summed E-state index contributed by atoms with van der Waals surface area (Å²) < 4.78 is 11.1. The molecule has 1 aliphatic carbocycles. The van der Waals surface area contributed by atoms with E-state index in [1.54, 1.807) is 18.1 Å². The van der Waals surface area contributed by atoms with Crippen LogP contribution < -0.4 is 25.8 Å². The molecule has 34 heavy (non-hydrogen) atoms. The van der Waals surface area contributed by atoms with Crippen LogP contribution in [0.3, 0.4) is 0 Å². The van der Waals surface area contributed by atoms with Gasteiger partial charge in [0, 0.05) is 19.0 Å². The Labute approximate surface area is 198 Å². The van der Waals surface area contributed by atoms with Crippen LogP contribution >= 0.6 is 0 Å². The molecule has 0 radical (unpaired) electrons. The number of urea groups is 1. The third kappa shape index (κ3) is 4.93. The fourth-order valence-corrected chi connectivity index (χ4v) is 4.32. The Morgan fingerprint density at radius 1 is 1.21 bits per heavy atom. The van der Waals surface area contributed by atoms with Crippen LogP contribution in [0, 0.1) is 5.92 Å². The molecule has 1 heterocycles. The van der Waals surface area contributed by atoms with Crippen LogP contribution in [0.15, 0.2) is 36.4 Å². The minimum absolute atomic E-state index is 0.0346. The number of methoxy groups -OCH3 is 1. The summed E-state index contributed by atoms with van der Waals surface area (Å²) in [5.41, 5.74) is 8.02. The molecular weight excluding hydrogens is 436 g/mol. The predicted octanol–water partition coefficient (Wildman–Crippen LogP) is 3.20. The largest absolute Gasteiger partial charge is 0.493 e. The first-order chi connectivity index (χ1) is 16.4. The summed E-state index contributed by atoms with van der Waals surface area (Å²) >= 11 is 0. The Hall–Kier alpha value is -3.75. The number of hydrogen-bond acceptors (Lipinski definition) is 5. The molecule has 1 aliphatic heterocycles. The first-order valence-corrected chi connectivity index (χ1v) is 11.5. The number of carbonyl (C=O) groups excluding carboxylic acids is 3. The zero-order valence-electron chi connectivity index (χ0n) is 19.4. The number of ether oxygens (including phenoxy) is 2. The summed E-state index contributed by atoms with van der Waals surface area (Å²) in [5.74, 6) is 1.00. The first kappa shape index (κ1) is 23.4. The van der Waals surface area contributed by atoms with Crippen molar-refractivity contribution in [3.8, 4) is 11.5 Å². The van der Waals surface area contributed by atoms with Gasteiger partial charge in [0.2, 0.25) is 5.91 Å². The lowest BCUT2D eigenvalue weighted by atomic mass is 10.0. The van der Waals surface area contributed by atoms with Gasteiger partial charge in [-0.25, -0.2) is 4.79 Å². The average molecular weight is 467 g/mol. The van der Waals surface area contributed by atoms with E-state index < -0.39 is 6.03 Å². The zero-order valence-corrected chi connectivity index (χ0v) is 19.4. The molecule has 1 fully saturated rings. The molecule has 0 aromatic heterocycles. The van der Waals surface area contributed by atoms with Crippen molar-refractivity contribution >= 4 is 23.5 Å². The summed E-state index contributed by atoms with van der Waals surface area (Å²) in [6.07, 6.45) is 2.22. The molecule has 2 aliphatic rings. The number of nitrogens with one attached hydrogen (secondary N) is 2. The van der Waals surface area contributed by atoms with Crippen LogP contribution in [0.4, 0.5) is 10.5 Å². The SMILES string of the molecule is CCOc1cc([C@@H](CCNC(N)=O)N2Cc3cccc(NC(=O)C4CC4)c3C2=O)ccc1OC. The van der Waals surface area contributed by atoms with E-state index in [1.165, 1.54) is 0 Å². The number of carbonyl (C=O) groups is 3. The molecule has 180 valence electrons. The van der Waals surface area contributed by atoms with Crippen LogP contribution in [0.5, 0.6) is 11.5 Å². The summed E-state index contributed by atoms with van der Waals surface area (Å²) in [5, 5.41) is 5.55. The van der Waals surface area contributed by atoms with Crippen molar-refractivity contribution in [1.82, 2.24) is 10.2 Å². The Balaban J connectivity index is 1.65. The molecule has 2 aromatic carbocycles. The van der Waals surface area contributed by atoms with E-state index in [9.17, 15) is 14.4 Å². The van der Waals surface area contributed by atoms with Gasteiger partial charge in [0.15, 0.2) is 11.5 Å². The topological polar surface area (TPSA) is 123 Å². The second-order valence-electron chi connectivity index (χ2n) is 8.48. The molecule has 1 saturated carbocycles. The second kappa shape index (κ2) is 10.0. The lowest BCUT2D eigenvalue weighted by molar-refractivity contribution is -0.117. The summed E-state index contributed by atoms with van der Waals surface area (Å²) in [6, 6.07) is 10.1. The Morgan fingerprint density at radius 3 is 2.68 bits per heavy atom. The number of nitrogens with zero attached hydrogens (tertiary/aromatic N) is 1. The molecule has 0 saturated heterocycles. The Morgan fingerprint density at radius 2 is 2.00 bits per heavy atom. The third-order valence-corrected chi connectivity index (χ3v) is 6.14. The van der Waals surface area contributed by atoms with Crippen LogP contribution in [0.1, 0.15) is 53.7 Å². The molecule has 2 aromatic rings. The first-order valence-electron chi connectivity index (χ1n) is 11.5. The highest BCUT2D eigenvalue weighted by atomic mass is 16.5. The van der Waals surface area contributed by atoms with Crippen molar-refractivity contribution in [3.63, 3.8) is 0 Å². The Bertz CT molecular complexity index is 1100. The minimum Gasteiger partial charge on any atom is -0.493 e. The van der Waals surface area contributed by atoms with E-state index >= 15 is 0 Å². The van der Waals surface area contributed by atoms with Gasteiger partial charge in [-0.15, -0.1) is 0 Å². The zero-order chi connectivity index (χ0) is 24.2. The van der Waals surface area contributed by atoms with Gasteiger partial charge < -0.3 is 30.7 Å². The van der Waals surface area contributed by atoms with Gasteiger partial charge in [0.1, 0.15) is 0 Å². The van der Waals surface area contributed by atoms with Crippen molar-refractivity contribution in [2.75, 3.05) is 25.6 Å². The molecule has 4 N–H and O–H groups in total. The highest BCUT2D eigenvalue weighted by Gasteiger charge is 2.37. The van der Waals surface area contributed by atoms with E-state index in [0.717, 1.165) is 24.0 Å². The highest BCUT2D eigenvalue weighted by molar-refractivity contribution is 6.07. The number of anilines is 1. The lowest BCUT2D eigenvalue weighted by Crippen LogP contribution is -2.35. The van der Waals surface area contributed by atoms with Crippen LogP contribution in [0.2, 0.25) is 0 Å². The van der Waals surface area contributed by atoms with Gasteiger partial charge in [-0.1, -0.05) is 18.2 Å². The maximum absolute atomic E-state index is 13.6. The van der Waals surface area contributed by atoms with Crippen molar-refractivity contribution in [3.05, 3.63) is 53.1 Å². The molecule has 9 nitrogen and oxygen atoms in total. The van der Waals surface area contributed by atoms with E-state index in [2.05, 4.69) is 10.6 Å². The van der Waals surface area contributed by atoms with E-state index in [1.807, 2.05) is 37.3 Å². The number of fused-ring (bicyclic) bond motifs is 1. The van der Waals surface area contributed by atoms with E-state index in [0.29, 0.717) is 48.9 Å². The van der Waals surface area contributed by atoms with Gasteiger partial charge in [-0.05, 0) is 55.5 Å². The van der Waals surface area contributed by atoms with Gasteiger partial charge in [-0.2, -0.15) is 0 Å². The molecule has 1 atom stereocenters.